The average molecular weight is 458 g/mol. The maximum Gasteiger partial charge on any atom is 0.260 e. The molecule has 7 heteroatoms. The first-order valence-electron chi connectivity index (χ1n) is 9.73. The monoisotopic (exact) mass is 457 g/mol. The lowest BCUT2D eigenvalue weighted by Crippen LogP contribution is -2.49. The van der Waals surface area contributed by atoms with Gasteiger partial charge in [0.1, 0.15) is 11.5 Å². The molecule has 0 atom stereocenters. The third-order valence-corrected chi connectivity index (χ3v) is 5.92. The number of carbonyl (C=O) groups is 1. The van der Waals surface area contributed by atoms with Crippen molar-refractivity contribution in [2.45, 2.75) is 20.4 Å². The van der Waals surface area contributed by atoms with Gasteiger partial charge in [-0.2, -0.15) is 0 Å². The highest BCUT2D eigenvalue weighted by molar-refractivity contribution is 9.10. The number of hydrogen-bond donors (Lipinski definition) is 0. The third-order valence-electron chi connectivity index (χ3n) is 5.42. The lowest BCUT2D eigenvalue weighted by atomic mass is 10.1. The van der Waals surface area contributed by atoms with Crippen LogP contribution in [0.2, 0.25) is 0 Å². The number of piperazine rings is 1. The van der Waals surface area contributed by atoms with Crippen molar-refractivity contribution in [2.24, 2.45) is 0 Å². The lowest BCUT2D eigenvalue weighted by Gasteiger charge is -2.34. The molecule has 0 bridgehead atoms. The Morgan fingerprint density at radius 2 is 1.83 bits per heavy atom. The molecule has 4 rings (SSSR count). The molecule has 0 saturated carbocycles. The fraction of sp³-hybridized carbons (Fsp3) is 0.364. The molecule has 0 unspecified atom stereocenters. The first-order chi connectivity index (χ1) is 14.0. The van der Waals surface area contributed by atoms with E-state index >= 15 is 0 Å². The molecule has 2 heterocycles. The van der Waals surface area contributed by atoms with Crippen LogP contribution < -0.4 is 4.74 Å². The van der Waals surface area contributed by atoms with Crippen molar-refractivity contribution in [3.63, 3.8) is 0 Å². The number of aromatic nitrogens is 1. The average Bonchev–Trinajstić information content (AvgIpc) is 3.04. The lowest BCUT2D eigenvalue weighted by molar-refractivity contribution is -0.135. The highest BCUT2D eigenvalue weighted by Crippen LogP contribution is 2.24. The van der Waals surface area contributed by atoms with E-state index in [1.807, 2.05) is 49.1 Å². The van der Waals surface area contributed by atoms with Gasteiger partial charge in [0, 0.05) is 42.8 Å². The SMILES string of the molecule is Cc1noc(C)c1CN1CCN(C(=O)COc2ccc3cc(Br)ccc3c2)CC1. The van der Waals surface area contributed by atoms with Crippen molar-refractivity contribution < 1.29 is 14.1 Å². The molecule has 0 spiro atoms. The van der Waals surface area contributed by atoms with Gasteiger partial charge in [0.15, 0.2) is 6.61 Å². The summed E-state index contributed by atoms with van der Waals surface area (Å²) in [7, 11) is 0. The first-order valence-corrected chi connectivity index (χ1v) is 10.5. The molecule has 0 radical (unpaired) electrons. The zero-order valence-corrected chi connectivity index (χ0v) is 18.2. The van der Waals surface area contributed by atoms with Crippen LogP contribution in [0, 0.1) is 13.8 Å². The normalized spacial score (nSPS) is 15.1. The highest BCUT2D eigenvalue weighted by atomic mass is 79.9. The summed E-state index contributed by atoms with van der Waals surface area (Å²) in [5, 5.41) is 6.24. The van der Waals surface area contributed by atoms with Crippen LogP contribution in [0.3, 0.4) is 0 Å². The van der Waals surface area contributed by atoms with E-state index in [0.717, 1.165) is 51.9 Å². The molecule has 1 aliphatic rings. The predicted octanol–water partition coefficient (Wildman–Crippen LogP) is 3.93. The maximum atomic E-state index is 12.6. The molecule has 0 aliphatic carbocycles. The van der Waals surface area contributed by atoms with Crippen molar-refractivity contribution in [1.29, 1.82) is 0 Å². The van der Waals surface area contributed by atoms with Crippen LogP contribution in [0.4, 0.5) is 0 Å². The zero-order chi connectivity index (χ0) is 20.4. The van der Waals surface area contributed by atoms with Gasteiger partial charge in [0.2, 0.25) is 0 Å². The molecule has 0 N–H and O–H groups in total. The Bertz CT molecular complexity index is 1010. The number of aryl methyl sites for hydroxylation is 2. The predicted molar refractivity (Wildman–Crippen MR) is 115 cm³/mol. The van der Waals surface area contributed by atoms with Gasteiger partial charge >= 0.3 is 0 Å². The molecular formula is C22H24BrN3O3. The topological polar surface area (TPSA) is 58.8 Å². The van der Waals surface area contributed by atoms with Crippen molar-refractivity contribution in [2.75, 3.05) is 32.8 Å². The van der Waals surface area contributed by atoms with Crippen LogP contribution in [-0.2, 0) is 11.3 Å². The van der Waals surface area contributed by atoms with Gasteiger partial charge in [-0.25, -0.2) is 0 Å². The number of carbonyl (C=O) groups excluding carboxylic acids is 1. The minimum atomic E-state index is 0.0258. The summed E-state index contributed by atoms with van der Waals surface area (Å²) in [6.07, 6.45) is 0. The summed E-state index contributed by atoms with van der Waals surface area (Å²) in [6.45, 7) is 7.86. The molecule has 3 aromatic rings. The Labute approximate surface area is 178 Å². The summed E-state index contributed by atoms with van der Waals surface area (Å²) >= 11 is 3.48. The Kier molecular flexibility index (Phi) is 5.87. The van der Waals surface area contributed by atoms with Gasteiger partial charge in [-0.15, -0.1) is 0 Å². The standard InChI is InChI=1S/C22H24BrN3O3/c1-15-21(16(2)29-24-15)13-25-7-9-26(10-8-25)22(27)14-28-20-6-4-17-11-19(23)5-3-18(17)12-20/h3-6,11-12H,7-10,13-14H2,1-2H3. The van der Waals surface area contributed by atoms with E-state index in [1.54, 1.807) is 0 Å². The first kappa shape index (κ1) is 19.9. The quantitative estimate of drug-likeness (QED) is 0.580. The minimum Gasteiger partial charge on any atom is -0.484 e. The molecule has 1 aromatic heterocycles. The van der Waals surface area contributed by atoms with E-state index < -0.39 is 0 Å². The highest BCUT2D eigenvalue weighted by Gasteiger charge is 2.23. The van der Waals surface area contributed by atoms with E-state index in [9.17, 15) is 4.79 Å². The smallest absolute Gasteiger partial charge is 0.260 e. The van der Waals surface area contributed by atoms with Gasteiger partial charge in [-0.05, 0) is 48.9 Å². The fourth-order valence-corrected chi connectivity index (χ4v) is 4.01. The Morgan fingerprint density at radius 1 is 1.10 bits per heavy atom. The zero-order valence-electron chi connectivity index (χ0n) is 16.7. The van der Waals surface area contributed by atoms with Gasteiger partial charge in [0.05, 0.1) is 5.69 Å². The van der Waals surface area contributed by atoms with Crippen LogP contribution in [0.25, 0.3) is 10.8 Å². The van der Waals surface area contributed by atoms with E-state index in [-0.39, 0.29) is 12.5 Å². The van der Waals surface area contributed by atoms with Crippen molar-refractivity contribution >= 4 is 32.6 Å². The molecule has 2 aromatic carbocycles. The summed E-state index contributed by atoms with van der Waals surface area (Å²) in [5.74, 6) is 1.61. The molecule has 1 fully saturated rings. The van der Waals surface area contributed by atoms with Crippen LogP contribution in [0.1, 0.15) is 17.0 Å². The van der Waals surface area contributed by atoms with Crippen LogP contribution >= 0.6 is 15.9 Å². The summed E-state index contributed by atoms with van der Waals surface area (Å²) in [5.41, 5.74) is 2.09. The molecule has 1 aliphatic heterocycles. The van der Waals surface area contributed by atoms with Gasteiger partial charge in [0.25, 0.3) is 5.91 Å². The second-order valence-corrected chi connectivity index (χ2v) is 8.32. The number of hydrogen-bond acceptors (Lipinski definition) is 5. The summed E-state index contributed by atoms with van der Waals surface area (Å²) in [6, 6.07) is 12.0. The molecular weight excluding hydrogens is 434 g/mol. The second kappa shape index (κ2) is 8.55. The largest absolute Gasteiger partial charge is 0.484 e. The van der Waals surface area contributed by atoms with E-state index in [0.29, 0.717) is 18.8 Å². The molecule has 6 nitrogen and oxygen atoms in total. The van der Waals surface area contributed by atoms with Gasteiger partial charge in [-0.3, -0.25) is 9.69 Å². The number of ether oxygens (including phenoxy) is 1. The number of fused-ring (bicyclic) bond motifs is 1. The van der Waals surface area contributed by atoms with Crippen LogP contribution in [0.15, 0.2) is 45.4 Å². The molecule has 1 amide bonds. The van der Waals surface area contributed by atoms with Crippen molar-refractivity contribution in [3.05, 3.63) is 57.9 Å². The number of halogens is 1. The molecule has 29 heavy (non-hydrogen) atoms. The number of nitrogens with zero attached hydrogens (tertiary/aromatic N) is 3. The Hall–Kier alpha value is -2.38. The molecule has 1 saturated heterocycles. The van der Waals surface area contributed by atoms with E-state index in [1.165, 1.54) is 0 Å². The van der Waals surface area contributed by atoms with Gasteiger partial charge < -0.3 is 14.2 Å². The summed E-state index contributed by atoms with van der Waals surface area (Å²) in [4.78, 5) is 16.8. The third kappa shape index (κ3) is 4.62. The van der Waals surface area contributed by atoms with Crippen molar-refractivity contribution in [1.82, 2.24) is 15.0 Å². The van der Waals surface area contributed by atoms with Crippen LogP contribution in [-0.4, -0.2) is 53.6 Å². The van der Waals surface area contributed by atoms with Crippen LogP contribution in [0.5, 0.6) is 5.75 Å². The van der Waals surface area contributed by atoms with Gasteiger partial charge in [-0.1, -0.05) is 33.2 Å². The second-order valence-electron chi connectivity index (χ2n) is 7.40. The number of benzene rings is 2. The minimum absolute atomic E-state index is 0.0258. The van der Waals surface area contributed by atoms with E-state index in [2.05, 4.69) is 32.1 Å². The van der Waals surface area contributed by atoms with E-state index in [4.69, 9.17) is 9.26 Å². The maximum absolute atomic E-state index is 12.6. The number of rotatable bonds is 5. The number of amides is 1. The summed E-state index contributed by atoms with van der Waals surface area (Å²) < 4.78 is 12.1. The molecule has 152 valence electrons. The Balaban J connectivity index is 1.28. The Morgan fingerprint density at radius 3 is 2.55 bits per heavy atom. The van der Waals surface area contributed by atoms with Crippen molar-refractivity contribution in [3.8, 4) is 5.75 Å². The fourth-order valence-electron chi connectivity index (χ4n) is 3.63.